The van der Waals surface area contributed by atoms with Gasteiger partial charge in [0.05, 0.1) is 9.82 Å². The fraction of sp³-hybridized carbons (Fsp3) is 0.235. The maximum absolute atomic E-state index is 12.5. The number of thiocarbonyl (C=S) groups is 1. The average Bonchev–Trinajstić information content (AvgIpc) is 3.18. The minimum atomic E-state index is -3.44. The molecule has 2 aromatic carbocycles. The van der Waals surface area contributed by atoms with Crippen LogP contribution < -0.4 is 10.6 Å². The Balaban J connectivity index is 1.62. The summed E-state index contributed by atoms with van der Waals surface area (Å²) in [6.07, 6.45) is 1.78. The van der Waals surface area contributed by atoms with Crippen LogP contribution in [0.25, 0.3) is 0 Å². The highest BCUT2D eigenvalue weighted by atomic mass is 32.2. The van der Waals surface area contributed by atoms with E-state index < -0.39 is 14.9 Å². The fourth-order valence-corrected chi connectivity index (χ4v) is 4.50. The molecular formula is C17H18N4O4S2. The molecule has 0 aliphatic carbocycles. The molecule has 1 aliphatic rings. The van der Waals surface area contributed by atoms with Crippen LogP contribution in [0.4, 0.5) is 17.1 Å². The van der Waals surface area contributed by atoms with Crippen molar-refractivity contribution in [1.82, 2.24) is 4.31 Å². The van der Waals surface area contributed by atoms with E-state index in [9.17, 15) is 18.5 Å². The summed E-state index contributed by atoms with van der Waals surface area (Å²) < 4.78 is 26.5. The van der Waals surface area contributed by atoms with E-state index in [1.165, 1.54) is 16.4 Å². The summed E-state index contributed by atoms with van der Waals surface area (Å²) in [5.74, 6) is 0. The van der Waals surface area contributed by atoms with Crippen molar-refractivity contribution < 1.29 is 13.3 Å². The Hall–Kier alpha value is -2.56. The zero-order chi connectivity index (χ0) is 19.4. The summed E-state index contributed by atoms with van der Waals surface area (Å²) in [6.45, 7) is 1.12. The summed E-state index contributed by atoms with van der Waals surface area (Å²) in [4.78, 5) is 10.4. The number of hydrogen-bond acceptors (Lipinski definition) is 5. The zero-order valence-electron chi connectivity index (χ0n) is 14.3. The molecule has 8 nitrogen and oxygen atoms in total. The molecule has 0 radical (unpaired) electrons. The van der Waals surface area contributed by atoms with E-state index in [1.54, 1.807) is 36.4 Å². The van der Waals surface area contributed by atoms with Crippen LogP contribution in [0, 0.1) is 10.1 Å². The summed E-state index contributed by atoms with van der Waals surface area (Å²) in [5, 5.41) is 16.8. The molecule has 3 rings (SSSR count). The van der Waals surface area contributed by atoms with Crippen LogP contribution in [-0.4, -0.2) is 35.8 Å². The second kappa shape index (κ2) is 7.99. The SMILES string of the molecule is O=[N+]([O-])c1ccc(NC(=S)Nc2ccc(S(=O)(=O)N3CCCC3)cc2)cc1. The zero-order valence-corrected chi connectivity index (χ0v) is 15.9. The molecular weight excluding hydrogens is 388 g/mol. The van der Waals surface area contributed by atoms with Gasteiger partial charge in [-0.2, -0.15) is 4.31 Å². The average molecular weight is 406 g/mol. The van der Waals surface area contributed by atoms with Gasteiger partial charge >= 0.3 is 0 Å². The van der Waals surface area contributed by atoms with Crippen LogP contribution in [0.2, 0.25) is 0 Å². The number of nitrogens with zero attached hydrogens (tertiary/aromatic N) is 2. The number of non-ortho nitro benzene ring substituents is 1. The van der Waals surface area contributed by atoms with Gasteiger partial charge in [-0.3, -0.25) is 10.1 Å². The number of hydrogen-bond donors (Lipinski definition) is 2. The van der Waals surface area contributed by atoms with Crippen molar-refractivity contribution in [3.63, 3.8) is 0 Å². The summed E-state index contributed by atoms with van der Waals surface area (Å²) in [6, 6.07) is 12.2. The number of anilines is 2. The lowest BCUT2D eigenvalue weighted by Gasteiger charge is -2.16. The van der Waals surface area contributed by atoms with Crippen molar-refractivity contribution in [3.05, 3.63) is 58.6 Å². The van der Waals surface area contributed by atoms with E-state index in [1.807, 2.05) is 0 Å². The minimum absolute atomic E-state index is 0.00534. The Labute approximate surface area is 162 Å². The molecule has 142 valence electrons. The Bertz CT molecular complexity index is 938. The summed E-state index contributed by atoms with van der Waals surface area (Å²) in [7, 11) is -3.44. The molecule has 1 saturated heterocycles. The topological polar surface area (TPSA) is 105 Å². The molecule has 0 unspecified atom stereocenters. The van der Waals surface area contributed by atoms with Gasteiger partial charge in [0.15, 0.2) is 5.11 Å². The molecule has 10 heteroatoms. The van der Waals surface area contributed by atoms with Crippen LogP contribution in [0.15, 0.2) is 53.4 Å². The first kappa shape index (κ1) is 19.2. The number of benzene rings is 2. The third-order valence-electron chi connectivity index (χ3n) is 4.15. The maximum atomic E-state index is 12.5. The van der Waals surface area contributed by atoms with E-state index in [-0.39, 0.29) is 10.6 Å². The highest BCUT2D eigenvalue weighted by molar-refractivity contribution is 7.89. The highest BCUT2D eigenvalue weighted by Crippen LogP contribution is 2.22. The Morgan fingerprint density at radius 1 is 0.963 bits per heavy atom. The molecule has 1 aliphatic heterocycles. The molecule has 1 heterocycles. The van der Waals surface area contributed by atoms with Gasteiger partial charge in [0, 0.05) is 36.6 Å². The van der Waals surface area contributed by atoms with E-state index in [4.69, 9.17) is 12.2 Å². The van der Waals surface area contributed by atoms with Crippen LogP contribution in [-0.2, 0) is 10.0 Å². The van der Waals surface area contributed by atoms with E-state index in [0.717, 1.165) is 12.8 Å². The van der Waals surface area contributed by atoms with Crippen molar-refractivity contribution in [2.75, 3.05) is 23.7 Å². The lowest BCUT2D eigenvalue weighted by Crippen LogP contribution is -2.27. The van der Waals surface area contributed by atoms with Crippen LogP contribution in [0.5, 0.6) is 0 Å². The Morgan fingerprint density at radius 3 is 1.93 bits per heavy atom. The Kier molecular flexibility index (Phi) is 5.68. The van der Waals surface area contributed by atoms with Gasteiger partial charge in [0.25, 0.3) is 5.69 Å². The van der Waals surface area contributed by atoms with Crippen LogP contribution in [0.1, 0.15) is 12.8 Å². The number of sulfonamides is 1. The van der Waals surface area contributed by atoms with E-state index in [2.05, 4.69) is 10.6 Å². The predicted octanol–water partition coefficient (Wildman–Crippen LogP) is 3.19. The number of nitro groups is 1. The first-order chi connectivity index (χ1) is 12.9. The lowest BCUT2D eigenvalue weighted by molar-refractivity contribution is -0.384. The fourth-order valence-electron chi connectivity index (χ4n) is 2.75. The second-order valence-electron chi connectivity index (χ2n) is 6.02. The standard InChI is InChI=1S/C17H18N4O4S2/c22-21(23)15-7-3-13(4-8-15)18-17(26)19-14-5-9-16(10-6-14)27(24,25)20-11-1-2-12-20/h3-10H,1-2,11-12H2,(H2,18,19,26). The summed E-state index contributed by atoms with van der Waals surface area (Å²) in [5.41, 5.74) is 1.23. The third kappa shape index (κ3) is 4.59. The first-order valence-electron chi connectivity index (χ1n) is 8.29. The van der Waals surface area contributed by atoms with Gasteiger partial charge in [-0.15, -0.1) is 0 Å². The lowest BCUT2D eigenvalue weighted by atomic mass is 10.3. The van der Waals surface area contributed by atoms with Crippen molar-refractivity contribution in [1.29, 1.82) is 0 Å². The van der Waals surface area contributed by atoms with Gasteiger partial charge in [0.2, 0.25) is 10.0 Å². The molecule has 0 bridgehead atoms. The van der Waals surface area contributed by atoms with E-state index >= 15 is 0 Å². The molecule has 2 N–H and O–H groups in total. The Morgan fingerprint density at radius 2 is 1.44 bits per heavy atom. The molecule has 0 atom stereocenters. The molecule has 27 heavy (non-hydrogen) atoms. The van der Waals surface area contributed by atoms with Gasteiger partial charge in [-0.1, -0.05) is 0 Å². The monoisotopic (exact) mass is 406 g/mol. The molecule has 0 saturated carbocycles. The maximum Gasteiger partial charge on any atom is 0.269 e. The smallest absolute Gasteiger partial charge is 0.269 e. The van der Waals surface area contributed by atoms with Gasteiger partial charge in [-0.25, -0.2) is 8.42 Å². The van der Waals surface area contributed by atoms with E-state index in [0.29, 0.717) is 29.6 Å². The predicted molar refractivity (Wildman–Crippen MR) is 107 cm³/mol. The highest BCUT2D eigenvalue weighted by Gasteiger charge is 2.26. The molecule has 1 fully saturated rings. The third-order valence-corrected chi connectivity index (χ3v) is 6.27. The van der Waals surface area contributed by atoms with Crippen molar-refractivity contribution >= 4 is 44.4 Å². The van der Waals surface area contributed by atoms with Gasteiger partial charge in [-0.05, 0) is 61.5 Å². The van der Waals surface area contributed by atoms with Crippen LogP contribution in [0.3, 0.4) is 0 Å². The number of nitro benzene ring substituents is 1. The van der Waals surface area contributed by atoms with Gasteiger partial charge < -0.3 is 10.6 Å². The van der Waals surface area contributed by atoms with Crippen molar-refractivity contribution in [2.45, 2.75) is 17.7 Å². The van der Waals surface area contributed by atoms with Crippen LogP contribution >= 0.6 is 12.2 Å². The second-order valence-corrected chi connectivity index (χ2v) is 8.36. The van der Waals surface area contributed by atoms with Crippen molar-refractivity contribution in [3.8, 4) is 0 Å². The molecule has 0 spiro atoms. The van der Waals surface area contributed by atoms with Gasteiger partial charge in [0.1, 0.15) is 0 Å². The molecule has 0 amide bonds. The normalized spacial score (nSPS) is 14.7. The molecule has 0 aromatic heterocycles. The molecule has 2 aromatic rings. The first-order valence-corrected chi connectivity index (χ1v) is 10.1. The quantitative estimate of drug-likeness (QED) is 0.446. The number of nitrogens with one attached hydrogen (secondary N) is 2. The number of rotatable bonds is 5. The summed E-state index contributed by atoms with van der Waals surface area (Å²) >= 11 is 5.21. The minimum Gasteiger partial charge on any atom is -0.332 e. The van der Waals surface area contributed by atoms with Crippen molar-refractivity contribution in [2.24, 2.45) is 0 Å². The largest absolute Gasteiger partial charge is 0.332 e.